The molecule has 1 aromatic carbocycles. The third-order valence-electron chi connectivity index (χ3n) is 4.32. The van der Waals surface area contributed by atoms with Crippen molar-refractivity contribution in [2.45, 2.75) is 39.7 Å². The van der Waals surface area contributed by atoms with Gasteiger partial charge in [0.2, 0.25) is 5.91 Å². The Morgan fingerprint density at radius 2 is 1.96 bits per heavy atom. The van der Waals surface area contributed by atoms with Gasteiger partial charge in [0.15, 0.2) is 0 Å². The lowest BCUT2D eigenvalue weighted by molar-refractivity contribution is -0.143. The van der Waals surface area contributed by atoms with Crippen LogP contribution in [0.3, 0.4) is 0 Å². The highest BCUT2D eigenvalue weighted by atomic mass is 19.1. The summed E-state index contributed by atoms with van der Waals surface area (Å²) in [5.41, 5.74) is 2.62. The molecule has 25 heavy (non-hydrogen) atoms. The Bertz CT molecular complexity index is 755. The van der Waals surface area contributed by atoms with Gasteiger partial charge >= 0.3 is 5.97 Å². The van der Waals surface area contributed by atoms with Crippen molar-refractivity contribution in [3.05, 3.63) is 41.3 Å². The number of H-pyrrole nitrogens is 1. The number of carbonyl (C=O) groups is 2. The number of carbonyl (C=O) groups excluding carboxylic acids is 1. The zero-order valence-corrected chi connectivity index (χ0v) is 14.5. The summed E-state index contributed by atoms with van der Waals surface area (Å²) in [5, 5.41) is 18.9. The molecule has 134 valence electrons. The maximum absolute atomic E-state index is 13.1. The maximum Gasteiger partial charge on any atom is 0.326 e. The lowest BCUT2D eigenvalue weighted by atomic mass is 9.98. The van der Waals surface area contributed by atoms with Crippen molar-refractivity contribution >= 4 is 11.9 Å². The van der Waals surface area contributed by atoms with Crippen LogP contribution >= 0.6 is 0 Å². The standard InChI is InChI=1S/C18H22FN3O3/c1-4-10(2)16(18(24)25)20-15(23)9-14-11(3)21-22-17(14)12-5-7-13(19)8-6-12/h5-8,10,16H,4,9H2,1-3H3,(H,20,23)(H,21,22)(H,24,25). The Morgan fingerprint density at radius 3 is 2.52 bits per heavy atom. The molecule has 3 N–H and O–H groups in total. The lowest BCUT2D eigenvalue weighted by Gasteiger charge is -2.20. The van der Waals surface area contributed by atoms with Gasteiger partial charge in [-0.15, -0.1) is 0 Å². The first kappa shape index (κ1) is 18.6. The average Bonchev–Trinajstić information content (AvgIpc) is 2.93. The number of aliphatic carboxylic acids is 1. The van der Waals surface area contributed by atoms with Crippen LogP contribution in [0.4, 0.5) is 4.39 Å². The van der Waals surface area contributed by atoms with Crippen LogP contribution in [0.1, 0.15) is 31.5 Å². The fourth-order valence-electron chi connectivity index (χ4n) is 2.58. The molecule has 0 aliphatic carbocycles. The molecule has 0 saturated carbocycles. The second-order valence-corrected chi connectivity index (χ2v) is 6.13. The summed E-state index contributed by atoms with van der Waals surface area (Å²) in [6.07, 6.45) is 0.637. The number of aromatic nitrogens is 2. The predicted molar refractivity (Wildman–Crippen MR) is 91.4 cm³/mol. The smallest absolute Gasteiger partial charge is 0.326 e. The molecule has 0 spiro atoms. The molecule has 2 unspecified atom stereocenters. The van der Waals surface area contributed by atoms with Crippen LogP contribution in [-0.2, 0) is 16.0 Å². The van der Waals surface area contributed by atoms with Gasteiger partial charge in [-0.1, -0.05) is 20.3 Å². The van der Waals surface area contributed by atoms with Gasteiger partial charge < -0.3 is 10.4 Å². The molecule has 0 aliphatic heterocycles. The molecular formula is C18H22FN3O3. The molecule has 1 aromatic heterocycles. The molecule has 0 bridgehead atoms. The summed E-state index contributed by atoms with van der Waals surface area (Å²) in [6.45, 7) is 5.44. The monoisotopic (exact) mass is 347 g/mol. The molecule has 1 heterocycles. The number of hydrogen-bond donors (Lipinski definition) is 3. The van der Waals surface area contributed by atoms with Crippen molar-refractivity contribution in [2.75, 3.05) is 0 Å². The molecule has 6 nitrogen and oxygen atoms in total. The summed E-state index contributed by atoms with van der Waals surface area (Å²) < 4.78 is 13.1. The van der Waals surface area contributed by atoms with Gasteiger partial charge in [-0.3, -0.25) is 9.89 Å². The Kier molecular flexibility index (Phi) is 5.90. The van der Waals surface area contributed by atoms with Gasteiger partial charge in [-0.25, -0.2) is 9.18 Å². The van der Waals surface area contributed by atoms with Crippen molar-refractivity contribution in [3.63, 3.8) is 0 Å². The van der Waals surface area contributed by atoms with E-state index in [0.717, 1.165) is 0 Å². The fourth-order valence-corrected chi connectivity index (χ4v) is 2.58. The molecule has 0 aliphatic rings. The van der Waals surface area contributed by atoms with E-state index in [1.807, 2.05) is 6.92 Å². The van der Waals surface area contributed by atoms with Crippen molar-refractivity contribution in [3.8, 4) is 11.3 Å². The zero-order valence-electron chi connectivity index (χ0n) is 14.5. The Hall–Kier alpha value is -2.70. The van der Waals surface area contributed by atoms with Crippen LogP contribution in [0, 0.1) is 18.7 Å². The molecule has 2 atom stereocenters. The Balaban J connectivity index is 2.20. The molecule has 2 aromatic rings. The minimum Gasteiger partial charge on any atom is -0.480 e. The molecule has 1 amide bonds. The largest absolute Gasteiger partial charge is 0.480 e. The Labute approximate surface area is 145 Å². The number of aromatic amines is 1. The first-order valence-corrected chi connectivity index (χ1v) is 8.15. The molecule has 0 saturated heterocycles. The minimum absolute atomic E-state index is 0.00470. The van der Waals surface area contributed by atoms with Gasteiger partial charge in [0.1, 0.15) is 11.9 Å². The minimum atomic E-state index is -1.05. The van der Waals surface area contributed by atoms with E-state index in [4.69, 9.17) is 0 Å². The van der Waals surface area contributed by atoms with Gasteiger partial charge in [0, 0.05) is 16.8 Å². The maximum atomic E-state index is 13.1. The number of amides is 1. The van der Waals surface area contributed by atoms with Crippen LogP contribution in [0.15, 0.2) is 24.3 Å². The second kappa shape index (κ2) is 7.92. The number of hydrogen-bond acceptors (Lipinski definition) is 3. The predicted octanol–water partition coefficient (Wildman–Crippen LogP) is 2.68. The number of halogens is 1. The summed E-state index contributed by atoms with van der Waals surface area (Å²) in [6, 6.07) is 4.90. The molecule has 0 fully saturated rings. The topological polar surface area (TPSA) is 95.1 Å². The van der Waals surface area contributed by atoms with E-state index < -0.39 is 12.0 Å². The Morgan fingerprint density at radius 1 is 1.32 bits per heavy atom. The number of aryl methyl sites for hydroxylation is 1. The zero-order chi connectivity index (χ0) is 18.6. The van der Waals surface area contributed by atoms with E-state index in [2.05, 4.69) is 15.5 Å². The van der Waals surface area contributed by atoms with Gasteiger partial charge in [-0.2, -0.15) is 5.10 Å². The van der Waals surface area contributed by atoms with Gasteiger partial charge in [0.05, 0.1) is 12.1 Å². The molecule has 2 rings (SSSR count). The number of nitrogens with zero attached hydrogens (tertiary/aromatic N) is 1. The lowest BCUT2D eigenvalue weighted by Crippen LogP contribution is -2.45. The van der Waals surface area contributed by atoms with Crippen molar-refractivity contribution in [1.82, 2.24) is 15.5 Å². The first-order valence-electron chi connectivity index (χ1n) is 8.15. The SMILES string of the molecule is CCC(C)C(NC(=O)Cc1c(-c2ccc(F)cc2)n[nH]c1C)C(=O)O. The quantitative estimate of drug-likeness (QED) is 0.717. The van der Waals surface area contributed by atoms with Gasteiger partial charge in [0.25, 0.3) is 0 Å². The van der Waals surface area contributed by atoms with Crippen LogP contribution in [0.5, 0.6) is 0 Å². The molecule has 7 heteroatoms. The molecular weight excluding hydrogens is 325 g/mol. The highest BCUT2D eigenvalue weighted by Gasteiger charge is 2.26. The van der Waals surface area contributed by atoms with E-state index >= 15 is 0 Å². The van der Waals surface area contributed by atoms with Gasteiger partial charge in [-0.05, 0) is 37.1 Å². The van der Waals surface area contributed by atoms with Crippen LogP contribution in [0.2, 0.25) is 0 Å². The van der Waals surface area contributed by atoms with E-state index in [1.54, 1.807) is 26.0 Å². The number of benzene rings is 1. The number of carboxylic acids is 1. The summed E-state index contributed by atoms with van der Waals surface area (Å²) in [4.78, 5) is 23.7. The van der Waals surface area contributed by atoms with Crippen molar-refractivity contribution in [2.24, 2.45) is 5.92 Å². The van der Waals surface area contributed by atoms with Crippen LogP contribution < -0.4 is 5.32 Å². The number of rotatable bonds is 7. The first-order chi connectivity index (χ1) is 11.8. The van der Waals surface area contributed by atoms with E-state index in [9.17, 15) is 19.1 Å². The van der Waals surface area contributed by atoms with Crippen LogP contribution in [0.25, 0.3) is 11.3 Å². The highest BCUT2D eigenvalue weighted by Crippen LogP contribution is 2.24. The van der Waals surface area contributed by atoms with E-state index in [-0.39, 0.29) is 24.1 Å². The third kappa shape index (κ3) is 4.43. The van der Waals surface area contributed by atoms with Crippen molar-refractivity contribution < 1.29 is 19.1 Å². The number of nitrogens with one attached hydrogen (secondary N) is 2. The summed E-state index contributed by atoms with van der Waals surface area (Å²) >= 11 is 0. The third-order valence-corrected chi connectivity index (χ3v) is 4.32. The van der Waals surface area contributed by atoms with E-state index in [1.165, 1.54) is 12.1 Å². The summed E-state index contributed by atoms with van der Waals surface area (Å²) in [5.74, 6) is -1.97. The second-order valence-electron chi connectivity index (χ2n) is 6.13. The fraction of sp³-hybridized carbons (Fsp3) is 0.389. The van der Waals surface area contributed by atoms with E-state index in [0.29, 0.717) is 28.9 Å². The van der Waals surface area contributed by atoms with Crippen molar-refractivity contribution in [1.29, 1.82) is 0 Å². The summed E-state index contributed by atoms with van der Waals surface area (Å²) in [7, 11) is 0. The molecule has 0 radical (unpaired) electrons. The van der Waals surface area contributed by atoms with Crippen LogP contribution in [-0.4, -0.2) is 33.2 Å². The highest BCUT2D eigenvalue weighted by molar-refractivity contribution is 5.86. The number of carboxylic acid groups (broad SMARTS) is 1. The average molecular weight is 347 g/mol. The normalized spacial score (nSPS) is 13.3.